The van der Waals surface area contributed by atoms with Crippen molar-refractivity contribution in [2.45, 2.75) is 6.04 Å². The molecule has 1 rings (SSSR count). The van der Waals surface area contributed by atoms with Crippen molar-refractivity contribution in [3.8, 4) is 0 Å². The van der Waals surface area contributed by atoms with Crippen molar-refractivity contribution in [2.24, 2.45) is 16.5 Å². The predicted molar refractivity (Wildman–Crippen MR) is 53.4 cm³/mol. The third-order valence-electron chi connectivity index (χ3n) is 1.80. The zero-order chi connectivity index (χ0) is 12.1. The first-order valence-corrected chi connectivity index (χ1v) is 4.55. The van der Waals surface area contributed by atoms with Crippen LogP contribution in [0.2, 0.25) is 0 Å². The molecule has 8 nitrogen and oxygen atoms in total. The number of aliphatic imine (C=N–C) groups is 1. The minimum absolute atomic E-state index is 0.0175. The van der Waals surface area contributed by atoms with Gasteiger partial charge in [-0.25, -0.2) is 0 Å². The third-order valence-corrected chi connectivity index (χ3v) is 1.80. The minimum Gasteiger partial charge on any atom is -0.463 e. The number of nitrogens with two attached hydrogens (primary N) is 2. The predicted octanol–water partition coefficient (Wildman–Crippen LogP) is -3.09. The van der Waals surface area contributed by atoms with Crippen molar-refractivity contribution in [1.29, 1.82) is 0 Å². The molecule has 0 unspecified atom stereocenters. The molecule has 0 radical (unpaired) electrons. The van der Waals surface area contributed by atoms with E-state index in [0.29, 0.717) is 0 Å². The Morgan fingerprint density at radius 1 is 1.56 bits per heavy atom. The van der Waals surface area contributed by atoms with Crippen molar-refractivity contribution >= 4 is 23.5 Å². The fraction of sp³-hybridized carbons (Fsp3) is 0.500. The lowest BCUT2D eigenvalue weighted by molar-refractivity contribution is -0.142. The zero-order valence-electron chi connectivity index (χ0n) is 8.43. The maximum atomic E-state index is 11.5. The third kappa shape index (κ3) is 3.11. The fourth-order valence-corrected chi connectivity index (χ4v) is 0.998. The van der Waals surface area contributed by atoms with Crippen LogP contribution in [0.4, 0.5) is 0 Å². The average Bonchev–Trinajstić information content (AvgIpc) is 2.71. The van der Waals surface area contributed by atoms with Gasteiger partial charge in [-0.2, -0.15) is 4.99 Å². The maximum Gasteiger partial charge on any atom is 0.319 e. The number of Topliss-reactive ketones (excluding diaryl/α,β-unsaturated/α-hetero) is 1. The van der Waals surface area contributed by atoms with Crippen molar-refractivity contribution < 1.29 is 19.1 Å². The van der Waals surface area contributed by atoms with Gasteiger partial charge in [0.2, 0.25) is 5.78 Å². The summed E-state index contributed by atoms with van der Waals surface area (Å²) in [6.45, 7) is -0.585. The molecule has 0 aromatic heterocycles. The summed E-state index contributed by atoms with van der Waals surface area (Å²) in [6, 6.07) is -1.05. The Morgan fingerprint density at radius 3 is 2.75 bits per heavy atom. The molecule has 1 aliphatic heterocycles. The Labute approximate surface area is 91.0 Å². The summed E-state index contributed by atoms with van der Waals surface area (Å²) in [5.74, 6) is -1.76. The molecule has 0 aromatic rings. The van der Waals surface area contributed by atoms with Crippen LogP contribution in [0.15, 0.2) is 4.99 Å². The number of hydrogen-bond donors (Lipinski definition) is 3. The number of carbonyl (C=O) groups excluding carboxylic acids is 3. The van der Waals surface area contributed by atoms with E-state index < -0.39 is 23.7 Å². The lowest BCUT2D eigenvalue weighted by Crippen LogP contribution is -2.44. The number of amidine groups is 1. The second-order valence-electron chi connectivity index (χ2n) is 3.07. The number of esters is 1. The molecule has 0 saturated heterocycles. The van der Waals surface area contributed by atoms with Gasteiger partial charge in [0, 0.05) is 0 Å². The van der Waals surface area contributed by atoms with Gasteiger partial charge in [0.25, 0.3) is 5.91 Å². The van der Waals surface area contributed by atoms with E-state index in [-0.39, 0.29) is 25.5 Å². The first-order chi connectivity index (χ1) is 7.54. The van der Waals surface area contributed by atoms with Crippen molar-refractivity contribution in [2.75, 3.05) is 19.7 Å². The number of hydrogen-bond acceptors (Lipinski definition) is 7. The van der Waals surface area contributed by atoms with Gasteiger partial charge in [-0.3, -0.25) is 14.4 Å². The van der Waals surface area contributed by atoms with Gasteiger partial charge in [0.05, 0.1) is 13.1 Å². The van der Waals surface area contributed by atoms with Crippen LogP contribution >= 0.6 is 0 Å². The molecule has 1 heterocycles. The number of ether oxygens (including phenoxy) is 1. The Morgan fingerprint density at radius 2 is 2.25 bits per heavy atom. The van der Waals surface area contributed by atoms with E-state index in [9.17, 15) is 14.4 Å². The molecule has 1 amide bonds. The molecule has 88 valence electrons. The summed E-state index contributed by atoms with van der Waals surface area (Å²) < 4.78 is 4.58. The molecule has 0 bridgehead atoms. The first kappa shape index (κ1) is 12.3. The lowest BCUT2D eigenvalue weighted by atomic mass is 10.2. The van der Waals surface area contributed by atoms with Gasteiger partial charge in [-0.15, -0.1) is 0 Å². The monoisotopic (exact) mass is 228 g/mol. The summed E-state index contributed by atoms with van der Waals surface area (Å²) in [5.41, 5.74) is 10.4. The van der Waals surface area contributed by atoms with Crippen LogP contribution in [0.25, 0.3) is 0 Å². The van der Waals surface area contributed by atoms with Crippen LogP contribution < -0.4 is 16.8 Å². The van der Waals surface area contributed by atoms with Gasteiger partial charge in [-0.05, 0) is 0 Å². The second-order valence-corrected chi connectivity index (χ2v) is 3.07. The fourth-order valence-electron chi connectivity index (χ4n) is 0.998. The van der Waals surface area contributed by atoms with E-state index >= 15 is 0 Å². The van der Waals surface area contributed by atoms with E-state index in [1.165, 1.54) is 0 Å². The number of amides is 1. The summed E-state index contributed by atoms with van der Waals surface area (Å²) in [5, 5.41) is 2.49. The molecule has 0 spiro atoms. The number of carbonyl (C=O) groups is 3. The maximum absolute atomic E-state index is 11.5. The van der Waals surface area contributed by atoms with Crippen LogP contribution in [-0.4, -0.2) is 49.2 Å². The van der Waals surface area contributed by atoms with E-state index in [0.717, 1.165) is 0 Å². The topological polar surface area (TPSA) is 137 Å². The van der Waals surface area contributed by atoms with Crippen molar-refractivity contribution in [1.82, 2.24) is 5.32 Å². The minimum atomic E-state index is -1.05. The lowest BCUT2D eigenvalue weighted by Gasteiger charge is -2.10. The molecule has 16 heavy (non-hydrogen) atoms. The molecule has 0 fully saturated rings. The van der Waals surface area contributed by atoms with Gasteiger partial charge < -0.3 is 21.5 Å². The average molecular weight is 228 g/mol. The highest BCUT2D eigenvalue weighted by atomic mass is 16.5. The molecule has 1 aliphatic rings. The first-order valence-electron chi connectivity index (χ1n) is 4.55. The van der Waals surface area contributed by atoms with E-state index in [4.69, 9.17) is 11.5 Å². The summed E-state index contributed by atoms with van der Waals surface area (Å²) in [4.78, 5) is 36.4. The SMILES string of the molecule is NCC(=O)OC[C@H](N)C(=O)C1=NC(=O)CN1. The molecular formula is C8H12N4O4. The van der Waals surface area contributed by atoms with Gasteiger partial charge in [-0.1, -0.05) is 0 Å². The standard InChI is InChI=1S/C8H12N4O4/c9-1-6(14)16-3-4(10)7(15)8-11-2-5(13)12-8/h4H,1-3,9-10H2,(H,11,12,13)/t4-/m0/s1. The van der Waals surface area contributed by atoms with Crippen LogP contribution in [0.1, 0.15) is 0 Å². The number of rotatable bonds is 5. The number of nitrogens with zero attached hydrogens (tertiary/aromatic N) is 1. The molecule has 0 saturated carbocycles. The quantitative estimate of drug-likeness (QED) is 0.424. The molecule has 5 N–H and O–H groups in total. The Hall–Kier alpha value is -1.80. The van der Waals surface area contributed by atoms with E-state index in [1.54, 1.807) is 0 Å². The summed E-state index contributed by atoms with van der Waals surface area (Å²) in [7, 11) is 0. The van der Waals surface area contributed by atoms with Crippen LogP contribution in [0, 0.1) is 0 Å². The highest BCUT2D eigenvalue weighted by molar-refractivity contribution is 6.43. The smallest absolute Gasteiger partial charge is 0.319 e. The van der Waals surface area contributed by atoms with Crippen LogP contribution in [0.3, 0.4) is 0 Å². The zero-order valence-corrected chi connectivity index (χ0v) is 8.43. The molecule has 0 aliphatic carbocycles. The highest BCUT2D eigenvalue weighted by Gasteiger charge is 2.25. The molecular weight excluding hydrogens is 216 g/mol. The normalized spacial score (nSPS) is 16.4. The summed E-state index contributed by atoms with van der Waals surface area (Å²) >= 11 is 0. The Balaban J connectivity index is 2.45. The second kappa shape index (κ2) is 5.33. The molecule has 0 aromatic carbocycles. The van der Waals surface area contributed by atoms with Gasteiger partial charge in [0.1, 0.15) is 12.6 Å². The Kier molecular flexibility index (Phi) is 4.09. The van der Waals surface area contributed by atoms with Gasteiger partial charge >= 0.3 is 5.97 Å². The van der Waals surface area contributed by atoms with E-state index in [1.807, 2.05) is 0 Å². The van der Waals surface area contributed by atoms with E-state index in [2.05, 4.69) is 15.0 Å². The summed E-state index contributed by atoms with van der Waals surface area (Å²) in [6.07, 6.45) is 0. The number of ketones is 1. The number of nitrogens with one attached hydrogen (secondary N) is 1. The van der Waals surface area contributed by atoms with Gasteiger partial charge in [0.15, 0.2) is 5.84 Å². The largest absolute Gasteiger partial charge is 0.463 e. The molecule has 1 atom stereocenters. The van der Waals surface area contributed by atoms with Crippen LogP contribution in [-0.2, 0) is 19.1 Å². The van der Waals surface area contributed by atoms with Crippen LogP contribution in [0.5, 0.6) is 0 Å². The van der Waals surface area contributed by atoms with Crippen molar-refractivity contribution in [3.05, 3.63) is 0 Å². The molecule has 8 heteroatoms. The highest BCUT2D eigenvalue weighted by Crippen LogP contribution is 1.94. The Bertz CT molecular complexity index is 352. The van der Waals surface area contributed by atoms with Crippen molar-refractivity contribution in [3.63, 3.8) is 0 Å².